The summed E-state index contributed by atoms with van der Waals surface area (Å²) in [5.74, 6) is 2.25. The molecule has 0 bridgehead atoms. The summed E-state index contributed by atoms with van der Waals surface area (Å²) in [4.78, 5) is 0. The number of halogens is 1. The molecule has 4 rings (SSSR count). The smallest absolute Gasteiger partial charge is 0.283 e. The molecule has 7 nitrogen and oxygen atoms in total. The molecule has 3 heterocycles. The van der Waals surface area contributed by atoms with Gasteiger partial charge in [0.2, 0.25) is 5.89 Å². The van der Waals surface area contributed by atoms with Gasteiger partial charge in [0, 0.05) is 6.54 Å². The molecule has 1 aromatic carbocycles. The van der Waals surface area contributed by atoms with Gasteiger partial charge in [-0.15, -0.1) is 20.4 Å². The predicted octanol–water partition coefficient (Wildman–Crippen LogP) is 4.68. The summed E-state index contributed by atoms with van der Waals surface area (Å²) in [7, 11) is 0. The molecule has 4 aromatic rings. The first kappa shape index (κ1) is 18.4. The van der Waals surface area contributed by atoms with Crippen molar-refractivity contribution in [3.05, 3.63) is 54.4 Å². The van der Waals surface area contributed by atoms with Gasteiger partial charge in [-0.2, -0.15) is 0 Å². The van der Waals surface area contributed by atoms with Crippen molar-refractivity contribution in [2.24, 2.45) is 5.92 Å². The van der Waals surface area contributed by atoms with Crippen molar-refractivity contribution in [2.75, 3.05) is 0 Å². The average Bonchev–Trinajstić information content (AvgIpc) is 3.41. The zero-order valence-corrected chi connectivity index (χ0v) is 16.2. The normalized spacial score (nSPS) is 11.4. The molecule has 0 fully saturated rings. The third kappa shape index (κ3) is 3.84. The first-order chi connectivity index (χ1) is 13.6. The van der Waals surface area contributed by atoms with Crippen molar-refractivity contribution in [1.82, 2.24) is 25.0 Å². The summed E-state index contributed by atoms with van der Waals surface area (Å²) in [6.07, 6.45) is 1.55. The Morgan fingerprint density at radius 3 is 2.68 bits per heavy atom. The van der Waals surface area contributed by atoms with Gasteiger partial charge in [-0.05, 0) is 30.2 Å². The fraction of sp³-hybridized carbons (Fsp3) is 0.263. The maximum atomic E-state index is 14.3. The molecule has 0 aliphatic carbocycles. The summed E-state index contributed by atoms with van der Waals surface area (Å²) in [6.45, 7) is 4.85. The zero-order chi connectivity index (χ0) is 19.5. The number of thioether (sulfide) groups is 1. The minimum absolute atomic E-state index is 0.323. The lowest BCUT2D eigenvalue weighted by molar-refractivity contribution is 0.490. The van der Waals surface area contributed by atoms with Crippen LogP contribution in [0.15, 0.2) is 56.7 Å². The van der Waals surface area contributed by atoms with E-state index < -0.39 is 0 Å². The summed E-state index contributed by atoms with van der Waals surface area (Å²) in [5, 5.41) is 17.2. The summed E-state index contributed by atoms with van der Waals surface area (Å²) in [5.41, 5.74) is 0.431. The van der Waals surface area contributed by atoms with E-state index in [1.165, 1.54) is 17.8 Å². The second kappa shape index (κ2) is 7.97. The van der Waals surface area contributed by atoms with Crippen molar-refractivity contribution in [3.8, 4) is 23.0 Å². The van der Waals surface area contributed by atoms with Gasteiger partial charge in [0.05, 0.1) is 17.6 Å². The Balaban J connectivity index is 1.57. The number of nitrogens with zero attached hydrogens (tertiary/aromatic N) is 5. The molecule has 0 aliphatic rings. The summed E-state index contributed by atoms with van der Waals surface area (Å²) < 4.78 is 27.1. The Hall–Kier alpha value is -2.94. The maximum Gasteiger partial charge on any atom is 0.283 e. The van der Waals surface area contributed by atoms with E-state index in [9.17, 15) is 4.39 Å². The van der Waals surface area contributed by atoms with Gasteiger partial charge in [-0.25, -0.2) is 4.39 Å². The Morgan fingerprint density at radius 2 is 1.93 bits per heavy atom. The lowest BCUT2D eigenvalue weighted by Gasteiger charge is -2.12. The van der Waals surface area contributed by atoms with Crippen molar-refractivity contribution in [2.45, 2.75) is 31.3 Å². The van der Waals surface area contributed by atoms with E-state index in [0.717, 1.165) is 0 Å². The van der Waals surface area contributed by atoms with Crippen molar-refractivity contribution in [3.63, 3.8) is 0 Å². The summed E-state index contributed by atoms with van der Waals surface area (Å²) in [6, 6.07) is 10.1. The van der Waals surface area contributed by atoms with E-state index in [0.29, 0.717) is 52.3 Å². The molecule has 3 aromatic heterocycles. The highest BCUT2D eigenvalue weighted by Crippen LogP contribution is 2.29. The molecule has 0 N–H and O–H groups in total. The molecule has 0 saturated heterocycles. The number of hydrogen-bond donors (Lipinski definition) is 0. The Morgan fingerprint density at radius 1 is 1.07 bits per heavy atom. The highest BCUT2D eigenvalue weighted by molar-refractivity contribution is 7.98. The molecule has 0 atom stereocenters. The van der Waals surface area contributed by atoms with Crippen LogP contribution in [0.5, 0.6) is 0 Å². The highest BCUT2D eigenvalue weighted by Gasteiger charge is 2.19. The first-order valence-electron chi connectivity index (χ1n) is 8.79. The fourth-order valence-electron chi connectivity index (χ4n) is 2.71. The highest BCUT2D eigenvalue weighted by atomic mass is 32.2. The van der Waals surface area contributed by atoms with Crippen LogP contribution in [-0.4, -0.2) is 25.0 Å². The van der Waals surface area contributed by atoms with Crippen LogP contribution in [0.2, 0.25) is 0 Å². The number of furan rings is 1. The van der Waals surface area contributed by atoms with E-state index in [1.807, 2.05) is 4.57 Å². The SMILES string of the molecule is CC(C)Cn1c(SCc2nnc(-c3ccco3)o2)nnc1-c1ccccc1F. The van der Waals surface area contributed by atoms with Crippen LogP contribution < -0.4 is 0 Å². The number of rotatable bonds is 7. The first-order valence-corrected chi connectivity index (χ1v) is 9.77. The lowest BCUT2D eigenvalue weighted by atomic mass is 10.2. The van der Waals surface area contributed by atoms with E-state index in [-0.39, 0.29) is 5.82 Å². The average molecular weight is 399 g/mol. The number of hydrogen-bond acceptors (Lipinski definition) is 7. The van der Waals surface area contributed by atoms with Crippen LogP contribution >= 0.6 is 11.8 Å². The molecule has 0 aliphatic heterocycles. The van der Waals surface area contributed by atoms with Crippen LogP contribution in [0.3, 0.4) is 0 Å². The fourth-order valence-corrected chi connectivity index (χ4v) is 3.49. The largest absolute Gasteiger partial charge is 0.459 e. The van der Waals surface area contributed by atoms with Crippen LogP contribution in [0, 0.1) is 11.7 Å². The third-order valence-electron chi connectivity index (χ3n) is 3.90. The zero-order valence-electron chi connectivity index (χ0n) is 15.4. The Labute approximate surface area is 165 Å². The topological polar surface area (TPSA) is 82.8 Å². The third-order valence-corrected chi connectivity index (χ3v) is 4.85. The van der Waals surface area contributed by atoms with E-state index in [2.05, 4.69) is 34.2 Å². The Kier molecular flexibility index (Phi) is 5.25. The molecule has 0 spiro atoms. The van der Waals surface area contributed by atoms with Crippen LogP contribution in [0.4, 0.5) is 4.39 Å². The molecular formula is C19H18FN5O2S. The van der Waals surface area contributed by atoms with Gasteiger partial charge < -0.3 is 13.4 Å². The number of benzene rings is 1. The molecular weight excluding hydrogens is 381 g/mol. The van der Waals surface area contributed by atoms with Crippen molar-refractivity contribution in [1.29, 1.82) is 0 Å². The minimum Gasteiger partial charge on any atom is -0.459 e. The van der Waals surface area contributed by atoms with Crippen LogP contribution in [0.1, 0.15) is 19.7 Å². The van der Waals surface area contributed by atoms with E-state index in [4.69, 9.17) is 8.83 Å². The van der Waals surface area contributed by atoms with E-state index in [1.54, 1.807) is 36.6 Å². The molecule has 0 unspecified atom stereocenters. The minimum atomic E-state index is -0.323. The van der Waals surface area contributed by atoms with E-state index >= 15 is 0 Å². The molecule has 28 heavy (non-hydrogen) atoms. The van der Waals surface area contributed by atoms with Gasteiger partial charge in [0.25, 0.3) is 5.89 Å². The van der Waals surface area contributed by atoms with Gasteiger partial charge in [0.1, 0.15) is 5.82 Å². The quantitative estimate of drug-likeness (QED) is 0.417. The second-order valence-electron chi connectivity index (χ2n) is 6.56. The Bertz CT molecular complexity index is 1060. The standard InChI is InChI=1S/C19H18FN5O2S/c1-12(2)10-25-17(13-6-3-4-7-14(13)20)22-24-19(25)28-11-16-21-23-18(27-16)15-8-5-9-26-15/h3-9,12H,10-11H2,1-2H3. The van der Waals surface area contributed by atoms with Gasteiger partial charge in [0.15, 0.2) is 16.7 Å². The van der Waals surface area contributed by atoms with Gasteiger partial charge in [-0.1, -0.05) is 37.7 Å². The molecule has 144 valence electrons. The van der Waals surface area contributed by atoms with Crippen molar-refractivity contribution < 1.29 is 13.2 Å². The predicted molar refractivity (Wildman–Crippen MR) is 102 cm³/mol. The monoisotopic (exact) mass is 399 g/mol. The molecule has 9 heteroatoms. The molecule has 0 saturated carbocycles. The van der Waals surface area contributed by atoms with Gasteiger partial charge in [-0.3, -0.25) is 0 Å². The second-order valence-corrected chi connectivity index (χ2v) is 7.50. The molecule has 0 amide bonds. The number of aromatic nitrogens is 5. The maximum absolute atomic E-state index is 14.3. The molecule has 0 radical (unpaired) electrons. The van der Waals surface area contributed by atoms with Gasteiger partial charge >= 0.3 is 0 Å². The van der Waals surface area contributed by atoms with Crippen LogP contribution in [0.25, 0.3) is 23.0 Å². The summed E-state index contributed by atoms with van der Waals surface area (Å²) >= 11 is 1.41. The lowest BCUT2D eigenvalue weighted by Crippen LogP contribution is -2.08. The van der Waals surface area contributed by atoms with Crippen LogP contribution in [-0.2, 0) is 12.3 Å². The van der Waals surface area contributed by atoms with Crippen molar-refractivity contribution >= 4 is 11.8 Å².